The number of phenols is 1. The van der Waals surface area contributed by atoms with Crippen LogP contribution in [0.2, 0.25) is 0 Å². The minimum atomic E-state index is -3.37. The van der Waals surface area contributed by atoms with E-state index in [1.54, 1.807) is 6.07 Å². The van der Waals surface area contributed by atoms with Gasteiger partial charge in [0.15, 0.2) is 17.3 Å². The first-order chi connectivity index (χ1) is 13.7. The van der Waals surface area contributed by atoms with E-state index in [2.05, 4.69) is 19.8 Å². The van der Waals surface area contributed by atoms with E-state index in [9.17, 15) is 13.5 Å². The number of nitrogens with one attached hydrogen (secondary N) is 1. The predicted molar refractivity (Wildman–Crippen MR) is 109 cm³/mol. The predicted octanol–water partition coefficient (Wildman–Crippen LogP) is 1.30. The molecule has 1 aromatic heterocycles. The van der Waals surface area contributed by atoms with Gasteiger partial charge < -0.3 is 14.4 Å². The summed E-state index contributed by atoms with van der Waals surface area (Å²) >= 11 is 0. The van der Waals surface area contributed by atoms with Gasteiger partial charge in [-0.3, -0.25) is 4.90 Å². The number of fused-ring (bicyclic) bond motifs is 1. The van der Waals surface area contributed by atoms with Gasteiger partial charge in [-0.25, -0.2) is 13.1 Å². The number of ether oxygens (including phenoxy) is 1. The summed E-state index contributed by atoms with van der Waals surface area (Å²) in [5, 5.41) is 19.0. The van der Waals surface area contributed by atoms with Crippen molar-refractivity contribution in [1.82, 2.24) is 24.4 Å². The monoisotopic (exact) mass is 423 g/mol. The van der Waals surface area contributed by atoms with Gasteiger partial charge >= 0.3 is 0 Å². The molecule has 0 saturated carbocycles. The van der Waals surface area contributed by atoms with Crippen LogP contribution >= 0.6 is 0 Å². The molecule has 1 aliphatic rings. The fraction of sp³-hybridized carbons (Fsp3) is 0.579. The second-order valence-corrected chi connectivity index (χ2v) is 9.51. The second-order valence-electron chi connectivity index (χ2n) is 7.73. The topological polar surface area (TPSA) is 110 Å². The maximum atomic E-state index is 11.8. The van der Waals surface area contributed by atoms with Crippen molar-refractivity contribution in [1.29, 1.82) is 0 Å². The largest absolute Gasteiger partial charge is 0.504 e. The van der Waals surface area contributed by atoms with Crippen molar-refractivity contribution >= 4 is 10.0 Å². The average Bonchev–Trinajstić information content (AvgIpc) is 2.94. The van der Waals surface area contributed by atoms with Crippen LogP contribution in [-0.2, 0) is 29.5 Å². The summed E-state index contributed by atoms with van der Waals surface area (Å²) in [6, 6.07) is 5.05. The molecule has 0 radical (unpaired) electrons. The molecule has 0 bridgehead atoms. The third kappa shape index (κ3) is 5.06. The summed E-state index contributed by atoms with van der Waals surface area (Å²) in [6.45, 7) is 6.65. The quantitative estimate of drug-likeness (QED) is 0.691. The maximum absolute atomic E-state index is 11.8. The van der Waals surface area contributed by atoms with E-state index in [0.717, 1.165) is 30.7 Å². The third-order valence-electron chi connectivity index (χ3n) is 5.13. The molecule has 0 aliphatic carbocycles. The van der Waals surface area contributed by atoms with Crippen LogP contribution in [0.3, 0.4) is 0 Å². The molecule has 2 heterocycles. The van der Waals surface area contributed by atoms with E-state index in [0.29, 0.717) is 31.1 Å². The first-order valence-electron chi connectivity index (χ1n) is 9.66. The number of benzene rings is 1. The molecular weight excluding hydrogens is 394 g/mol. The summed E-state index contributed by atoms with van der Waals surface area (Å²) < 4.78 is 33.5. The zero-order valence-electron chi connectivity index (χ0n) is 17.3. The Bertz CT molecular complexity index is 958. The van der Waals surface area contributed by atoms with Crippen LogP contribution in [0.25, 0.3) is 0 Å². The number of methoxy groups -OCH3 is 1. The van der Waals surface area contributed by atoms with Gasteiger partial charge in [0.1, 0.15) is 5.82 Å². The van der Waals surface area contributed by atoms with Gasteiger partial charge in [0, 0.05) is 38.2 Å². The minimum Gasteiger partial charge on any atom is -0.504 e. The van der Waals surface area contributed by atoms with Gasteiger partial charge in [0.2, 0.25) is 10.0 Å². The first kappa shape index (κ1) is 21.5. The Balaban J connectivity index is 1.77. The normalized spacial score (nSPS) is 16.4. The number of hydrogen-bond acceptors (Lipinski definition) is 7. The van der Waals surface area contributed by atoms with Crippen LogP contribution < -0.4 is 9.46 Å². The highest BCUT2D eigenvalue weighted by atomic mass is 32.2. The molecular formula is C19H29N5O4S. The molecule has 9 nitrogen and oxygen atoms in total. The molecule has 10 heteroatoms. The minimum absolute atomic E-state index is 0.0334. The molecule has 2 aromatic rings. The van der Waals surface area contributed by atoms with Crippen molar-refractivity contribution in [3.05, 3.63) is 35.4 Å². The summed E-state index contributed by atoms with van der Waals surface area (Å²) in [5.41, 5.74) is 0.807. The lowest BCUT2D eigenvalue weighted by molar-refractivity contribution is 0.263. The van der Waals surface area contributed by atoms with E-state index in [1.165, 1.54) is 7.11 Å². The van der Waals surface area contributed by atoms with Crippen molar-refractivity contribution < 1.29 is 18.3 Å². The molecule has 0 fully saturated rings. The van der Waals surface area contributed by atoms with Crippen LogP contribution in [0.15, 0.2) is 18.2 Å². The lowest BCUT2D eigenvalue weighted by Gasteiger charge is -2.23. The van der Waals surface area contributed by atoms with E-state index in [1.807, 2.05) is 30.5 Å². The summed E-state index contributed by atoms with van der Waals surface area (Å²) in [6.07, 6.45) is 1.85. The molecule has 0 spiro atoms. The van der Waals surface area contributed by atoms with Crippen LogP contribution in [0.4, 0.5) is 0 Å². The lowest BCUT2D eigenvalue weighted by atomic mass is 10.1. The Labute approximate surface area is 171 Å². The van der Waals surface area contributed by atoms with Crippen LogP contribution in [-0.4, -0.2) is 59.6 Å². The standard InChI is InChI=1S/C19H29N5O4S/c1-13(2)17(22-29(4,26)27)19-21-20-16-8-9-23(10-11-24(16)19)12-14-6-5-7-15(28-3)18(14)25/h5-7,13,17,22,25H,8-12H2,1-4H3. The van der Waals surface area contributed by atoms with Crippen molar-refractivity contribution in [3.63, 3.8) is 0 Å². The number of aromatic nitrogens is 3. The molecule has 0 saturated heterocycles. The van der Waals surface area contributed by atoms with Crippen molar-refractivity contribution in [3.8, 4) is 11.5 Å². The van der Waals surface area contributed by atoms with Gasteiger partial charge in [-0.15, -0.1) is 10.2 Å². The highest BCUT2D eigenvalue weighted by molar-refractivity contribution is 7.88. The maximum Gasteiger partial charge on any atom is 0.209 e. The fourth-order valence-corrected chi connectivity index (χ4v) is 4.43. The van der Waals surface area contributed by atoms with E-state index in [-0.39, 0.29) is 11.7 Å². The first-order valence-corrected chi connectivity index (χ1v) is 11.5. The molecule has 160 valence electrons. The van der Waals surface area contributed by atoms with Crippen LogP contribution in [0, 0.1) is 5.92 Å². The molecule has 1 atom stereocenters. The number of rotatable bonds is 7. The molecule has 3 rings (SSSR count). The zero-order valence-corrected chi connectivity index (χ0v) is 18.1. The second kappa shape index (κ2) is 8.68. The Morgan fingerprint density at radius 2 is 2.00 bits per heavy atom. The number of phenolic OH excluding ortho intramolecular Hbond substituents is 1. The smallest absolute Gasteiger partial charge is 0.209 e. The zero-order chi connectivity index (χ0) is 21.2. The molecule has 1 aliphatic heterocycles. The number of hydrogen-bond donors (Lipinski definition) is 2. The van der Waals surface area contributed by atoms with E-state index < -0.39 is 16.1 Å². The summed E-state index contributed by atoms with van der Waals surface area (Å²) in [4.78, 5) is 2.24. The summed E-state index contributed by atoms with van der Waals surface area (Å²) in [7, 11) is -1.84. The third-order valence-corrected chi connectivity index (χ3v) is 5.81. The SMILES string of the molecule is COc1cccc(CN2CCc3nnc(C(NS(C)(=O)=O)C(C)C)n3CC2)c1O. The molecule has 1 aromatic carbocycles. The van der Waals surface area contributed by atoms with Crippen LogP contribution in [0.1, 0.15) is 37.1 Å². The number of nitrogens with zero attached hydrogens (tertiary/aromatic N) is 4. The number of para-hydroxylation sites is 1. The van der Waals surface area contributed by atoms with E-state index in [4.69, 9.17) is 4.74 Å². The van der Waals surface area contributed by atoms with Crippen LogP contribution in [0.5, 0.6) is 11.5 Å². The molecule has 1 unspecified atom stereocenters. The fourth-order valence-electron chi connectivity index (χ4n) is 3.60. The Morgan fingerprint density at radius 3 is 2.66 bits per heavy atom. The van der Waals surface area contributed by atoms with Crippen molar-refractivity contribution in [2.75, 3.05) is 26.5 Å². The average molecular weight is 424 g/mol. The summed E-state index contributed by atoms with van der Waals surface area (Å²) in [5.74, 6) is 2.15. The highest BCUT2D eigenvalue weighted by Gasteiger charge is 2.28. The van der Waals surface area contributed by atoms with Crippen molar-refractivity contribution in [2.45, 2.75) is 39.4 Å². The number of aromatic hydroxyl groups is 1. The van der Waals surface area contributed by atoms with Gasteiger partial charge in [-0.2, -0.15) is 0 Å². The highest BCUT2D eigenvalue weighted by Crippen LogP contribution is 2.30. The van der Waals surface area contributed by atoms with E-state index >= 15 is 0 Å². The van der Waals surface area contributed by atoms with Gasteiger partial charge in [0.25, 0.3) is 0 Å². The Kier molecular flexibility index (Phi) is 6.45. The van der Waals surface area contributed by atoms with Gasteiger partial charge in [-0.05, 0) is 12.0 Å². The Morgan fingerprint density at radius 1 is 1.24 bits per heavy atom. The molecule has 29 heavy (non-hydrogen) atoms. The van der Waals surface area contributed by atoms with Crippen molar-refractivity contribution in [2.24, 2.45) is 5.92 Å². The van der Waals surface area contributed by atoms with Gasteiger partial charge in [0.05, 0.1) is 19.4 Å². The lowest BCUT2D eigenvalue weighted by Crippen LogP contribution is -2.33. The molecule has 2 N–H and O–H groups in total. The number of sulfonamides is 1. The molecule has 0 amide bonds. The van der Waals surface area contributed by atoms with Gasteiger partial charge in [-0.1, -0.05) is 26.0 Å². The Hall–Kier alpha value is -2.17.